The van der Waals surface area contributed by atoms with Gasteiger partial charge >= 0.3 is 0 Å². The number of carbonyl (C=O) groups excluding carboxylic acids is 3. The van der Waals surface area contributed by atoms with Gasteiger partial charge in [-0.15, -0.1) is 24.9 Å². The van der Waals surface area contributed by atoms with E-state index in [0.29, 0.717) is 26.1 Å². The van der Waals surface area contributed by atoms with Crippen LogP contribution in [0.25, 0.3) is 0 Å². The Morgan fingerprint density at radius 1 is 1.14 bits per heavy atom. The van der Waals surface area contributed by atoms with Crippen molar-refractivity contribution in [3.63, 3.8) is 0 Å². The molecule has 3 amide bonds. The molecular weight excluding hydrogens is 546 g/mol. The minimum atomic E-state index is -0.757. The molecule has 0 aromatic rings. The number of rotatable bonds is 14. The van der Waals surface area contributed by atoms with Gasteiger partial charge in [0.15, 0.2) is 0 Å². The third-order valence-electron chi connectivity index (χ3n) is 9.48. The van der Waals surface area contributed by atoms with Crippen molar-refractivity contribution in [1.82, 2.24) is 14.7 Å². The molecule has 0 aromatic heterocycles. The fraction of sp³-hybridized carbons (Fsp3) is 0.794. The van der Waals surface area contributed by atoms with Gasteiger partial charge in [0.25, 0.3) is 0 Å². The standard InChI is InChI=1S/C34H57N3O4S/c1-12-15-35(16-13-2)29(39)26-25-19-23(6)34(42-25)27(26)30(40)37(24(20-38)18-22(4)5)28(34)31(41)36(17-14-3)33(10,11)21-32(7,8)9/h12,14,22-28,38H,1,3,13,15-21H2,2,4-11H3/t23?,24-,25+,26-,27+,28?,34?/m1/s1. The fourth-order valence-corrected chi connectivity index (χ4v) is 10.9. The Labute approximate surface area is 259 Å². The van der Waals surface area contributed by atoms with E-state index in [1.54, 1.807) is 28.8 Å². The van der Waals surface area contributed by atoms with E-state index in [1.165, 1.54) is 0 Å². The van der Waals surface area contributed by atoms with E-state index < -0.39 is 34.2 Å². The molecule has 2 bridgehead atoms. The van der Waals surface area contributed by atoms with Gasteiger partial charge < -0.3 is 19.8 Å². The summed E-state index contributed by atoms with van der Waals surface area (Å²) in [6.45, 7) is 28.1. The van der Waals surface area contributed by atoms with Gasteiger partial charge in [0.2, 0.25) is 17.7 Å². The first-order valence-electron chi connectivity index (χ1n) is 15.9. The quantitative estimate of drug-likeness (QED) is 0.270. The Kier molecular flexibility index (Phi) is 10.8. The molecule has 3 heterocycles. The molecular formula is C34H57N3O4S. The van der Waals surface area contributed by atoms with E-state index in [9.17, 15) is 14.7 Å². The van der Waals surface area contributed by atoms with Crippen molar-refractivity contribution in [1.29, 1.82) is 0 Å². The maximum atomic E-state index is 15.1. The summed E-state index contributed by atoms with van der Waals surface area (Å²) in [7, 11) is 0. The van der Waals surface area contributed by atoms with Crippen molar-refractivity contribution in [3.8, 4) is 0 Å². The Morgan fingerprint density at radius 2 is 1.76 bits per heavy atom. The van der Waals surface area contributed by atoms with Crippen LogP contribution >= 0.6 is 11.8 Å². The normalized spacial score (nSPS) is 29.5. The number of amides is 3. The second kappa shape index (κ2) is 13.1. The van der Waals surface area contributed by atoms with Gasteiger partial charge in [0, 0.05) is 30.4 Å². The zero-order chi connectivity index (χ0) is 31.8. The highest BCUT2D eigenvalue weighted by Crippen LogP contribution is 2.69. The summed E-state index contributed by atoms with van der Waals surface area (Å²) in [4.78, 5) is 49.5. The molecule has 42 heavy (non-hydrogen) atoms. The Hall–Kier alpha value is -1.80. The van der Waals surface area contributed by atoms with Crippen molar-refractivity contribution in [3.05, 3.63) is 25.3 Å². The number of hydrogen-bond donors (Lipinski definition) is 1. The minimum Gasteiger partial charge on any atom is -0.394 e. The third kappa shape index (κ3) is 6.22. The molecule has 7 nitrogen and oxygen atoms in total. The summed E-state index contributed by atoms with van der Waals surface area (Å²) in [6, 6.07) is -1.25. The summed E-state index contributed by atoms with van der Waals surface area (Å²) in [5.74, 6) is -1.04. The SMILES string of the molecule is C=CCN(CCC)C(=O)[C@@H]1[C@@H]2CC(C)C3(S2)C(C(=O)N(CC=C)C(C)(C)CC(C)(C)C)N([C@@H](CO)CC(C)C)C(=O)[C@H]13. The summed E-state index contributed by atoms with van der Waals surface area (Å²) in [5, 5.41) is 10.7. The van der Waals surface area contributed by atoms with Crippen molar-refractivity contribution < 1.29 is 19.5 Å². The maximum Gasteiger partial charge on any atom is 0.247 e. The van der Waals surface area contributed by atoms with E-state index in [0.717, 1.165) is 19.3 Å². The molecule has 0 aromatic carbocycles. The zero-order valence-corrected chi connectivity index (χ0v) is 28.5. The Balaban J connectivity index is 2.20. The van der Waals surface area contributed by atoms with E-state index in [4.69, 9.17) is 0 Å². The molecule has 0 radical (unpaired) electrons. The highest BCUT2D eigenvalue weighted by molar-refractivity contribution is 8.02. The van der Waals surface area contributed by atoms with Gasteiger partial charge in [-0.25, -0.2) is 0 Å². The van der Waals surface area contributed by atoms with Crippen LogP contribution in [0, 0.1) is 29.1 Å². The Morgan fingerprint density at radius 3 is 2.26 bits per heavy atom. The predicted molar refractivity (Wildman–Crippen MR) is 173 cm³/mol. The molecule has 3 aliphatic heterocycles. The molecule has 1 N–H and O–H groups in total. The van der Waals surface area contributed by atoms with Crippen molar-refractivity contribution in [2.24, 2.45) is 29.1 Å². The van der Waals surface area contributed by atoms with Crippen molar-refractivity contribution >= 4 is 29.5 Å². The highest BCUT2D eigenvalue weighted by Gasteiger charge is 2.77. The highest BCUT2D eigenvalue weighted by atomic mass is 32.2. The van der Waals surface area contributed by atoms with Crippen LogP contribution in [0.3, 0.4) is 0 Å². The first-order valence-corrected chi connectivity index (χ1v) is 16.8. The number of aliphatic hydroxyl groups excluding tert-OH is 1. The van der Waals surface area contributed by atoms with E-state index >= 15 is 4.79 Å². The minimum absolute atomic E-state index is 0.00478. The lowest BCUT2D eigenvalue weighted by Crippen LogP contribution is -2.63. The van der Waals surface area contributed by atoms with Crippen molar-refractivity contribution in [2.45, 2.75) is 116 Å². The van der Waals surface area contributed by atoms with Gasteiger partial charge in [-0.3, -0.25) is 14.4 Å². The lowest BCUT2D eigenvalue weighted by Gasteiger charge is -2.47. The van der Waals surface area contributed by atoms with Gasteiger partial charge in [0.1, 0.15) is 6.04 Å². The summed E-state index contributed by atoms with van der Waals surface area (Å²) < 4.78 is -0.729. The van der Waals surface area contributed by atoms with Crippen LogP contribution < -0.4 is 0 Å². The van der Waals surface area contributed by atoms with Crippen LogP contribution in [0.15, 0.2) is 25.3 Å². The van der Waals surface area contributed by atoms with Gasteiger partial charge in [-0.2, -0.15) is 0 Å². The molecule has 0 saturated carbocycles. The number of nitrogens with zero attached hydrogens (tertiary/aromatic N) is 3. The first-order chi connectivity index (χ1) is 19.5. The second-order valence-electron chi connectivity index (χ2n) is 15.1. The van der Waals surface area contributed by atoms with E-state index in [-0.39, 0.29) is 46.8 Å². The zero-order valence-electron chi connectivity index (χ0n) is 27.7. The fourth-order valence-electron chi connectivity index (χ4n) is 8.47. The molecule has 3 aliphatic rings. The van der Waals surface area contributed by atoms with Gasteiger partial charge in [-0.05, 0) is 56.8 Å². The summed E-state index contributed by atoms with van der Waals surface area (Å²) in [6.07, 6.45) is 6.47. The average Bonchev–Trinajstić information content (AvgIpc) is 3.47. The van der Waals surface area contributed by atoms with Gasteiger partial charge in [-0.1, -0.05) is 60.6 Å². The lowest BCUT2D eigenvalue weighted by atomic mass is 9.65. The maximum absolute atomic E-state index is 15.1. The monoisotopic (exact) mass is 603 g/mol. The molecule has 1 spiro atoms. The topological polar surface area (TPSA) is 81.2 Å². The van der Waals surface area contributed by atoms with Crippen LogP contribution in [-0.4, -0.2) is 91.4 Å². The molecule has 0 aliphatic carbocycles. The van der Waals surface area contributed by atoms with E-state index in [1.807, 2.05) is 16.7 Å². The number of fused-ring (bicyclic) bond motifs is 1. The number of aliphatic hydroxyl groups is 1. The average molecular weight is 604 g/mol. The summed E-state index contributed by atoms with van der Waals surface area (Å²) >= 11 is 1.71. The van der Waals surface area contributed by atoms with Crippen LogP contribution in [0.1, 0.15) is 88.0 Å². The Bertz CT molecular complexity index is 1040. The molecule has 7 atom stereocenters. The van der Waals surface area contributed by atoms with Crippen LogP contribution in [0.2, 0.25) is 0 Å². The number of thioether (sulfide) groups is 1. The third-order valence-corrected chi connectivity index (χ3v) is 11.6. The second-order valence-corrected chi connectivity index (χ2v) is 16.7. The molecule has 3 rings (SSSR count). The molecule has 238 valence electrons. The smallest absolute Gasteiger partial charge is 0.247 e. The summed E-state index contributed by atoms with van der Waals surface area (Å²) in [5.41, 5.74) is -0.527. The first kappa shape index (κ1) is 34.7. The molecule has 3 fully saturated rings. The number of hydrogen-bond acceptors (Lipinski definition) is 5. The van der Waals surface area contributed by atoms with Crippen LogP contribution in [0.4, 0.5) is 0 Å². The lowest BCUT2D eigenvalue weighted by molar-refractivity contribution is -0.150. The number of carbonyl (C=O) groups is 3. The van der Waals surface area contributed by atoms with Crippen LogP contribution in [0.5, 0.6) is 0 Å². The largest absolute Gasteiger partial charge is 0.394 e. The van der Waals surface area contributed by atoms with E-state index in [2.05, 4.69) is 68.5 Å². The van der Waals surface area contributed by atoms with Crippen molar-refractivity contribution in [2.75, 3.05) is 26.2 Å². The van der Waals surface area contributed by atoms with Crippen LogP contribution in [-0.2, 0) is 14.4 Å². The molecule has 8 heteroatoms. The molecule has 3 unspecified atom stereocenters. The van der Waals surface area contributed by atoms with Gasteiger partial charge in [0.05, 0.1) is 29.2 Å². The predicted octanol–water partition coefficient (Wildman–Crippen LogP) is 5.38. The number of likely N-dealkylation sites (tertiary alicyclic amines) is 1. The molecule has 3 saturated heterocycles.